The number of aliphatic hydroxyl groups excluding tert-OH is 1. The Labute approximate surface area is 202 Å². The molecule has 0 radical (unpaired) electrons. The van der Waals surface area contributed by atoms with Crippen molar-refractivity contribution in [3.8, 4) is 0 Å². The number of carbonyl (C=O) groups excluding carboxylic acids is 3. The third-order valence-corrected chi connectivity index (χ3v) is 5.50. The monoisotopic (exact) mass is 476 g/mol. The summed E-state index contributed by atoms with van der Waals surface area (Å²) in [6, 6.07) is 24.6. The molecule has 5 atom stereocenters. The molecule has 0 bridgehead atoms. The first-order valence-electron chi connectivity index (χ1n) is 11.1. The van der Waals surface area contributed by atoms with Crippen LogP contribution in [-0.2, 0) is 18.9 Å². The van der Waals surface area contributed by atoms with Crippen LogP contribution in [0.5, 0.6) is 0 Å². The zero-order chi connectivity index (χ0) is 24.8. The third kappa shape index (κ3) is 5.74. The molecule has 0 aromatic heterocycles. The molecule has 0 spiro atoms. The number of ether oxygens (including phenoxy) is 4. The molecule has 0 amide bonds. The van der Waals surface area contributed by atoms with Gasteiger partial charge in [0.1, 0.15) is 0 Å². The summed E-state index contributed by atoms with van der Waals surface area (Å²) in [5.74, 6) is -2.18. The van der Waals surface area contributed by atoms with Gasteiger partial charge in [-0.3, -0.25) is 0 Å². The average molecular weight is 476 g/mol. The Morgan fingerprint density at radius 1 is 0.600 bits per heavy atom. The van der Waals surface area contributed by atoms with Crippen LogP contribution in [0.1, 0.15) is 38.0 Å². The predicted octanol–water partition coefficient (Wildman–Crippen LogP) is 3.40. The maximum absolute atomic E-state index is 12.9. The number of benzene rings is 3. The summed E-state index contributed by atoms with van der Waals surface area (Å²) in [5, 5.41) is 10.6. The van der Waals surface area contributed by atoms with Crippen molar-refractivity contribution in [3.05, 3.63) is 108 Å². The second-order valence-corrected chi connectivity index (χ2v) is 7.94. The van der Waals surface area contributed by atoms with Gasteiger partial charge in [-0.25, -0.2) is 14.4 Å². The fourth-order valence-electron chi connectivity index (χ4n) is 3.71. The molecule has 3 aromatic carbocycles. The number of rotatable bonds is 6. The molecule has 1 fully saturated rings. The Morgan fingerprint density at radius 3 is 1.34 bits per heavy atom. The van der Waals surface area contributed by atoms with E-state index in [9.17, 15) is 19.5 Å². The van der Waals surface area contributed by atoms with E-state index in [2.05, 4.69) is 0 Å². The number of aliphatic hydroxyl groups is 1. The van der Waals surface area contributed by atoms with Crippen LogP contribution < -0.4 is 0 Å². The summed E-state index contributed by atoms with van der Waals surface area (Å²) < 4.78 is 22.4. The molecule has 1 aliphatic rings. The largest absolute Gasteiger partial charge is 0.452 e. The molecule has 8 heteroatoms. The van der Waals surface area contributed by atoms with E-state index in [1.807, 2.05) is 0 Å². The van der Waals surface area contributed by atoms with Gasteiger partial charge in [-0.05, 0) is 43.3 Å². The van der Waals surface area contributed by atoms with Crippen molar-refractivity contribution in [2.45, 2.75) is 37.6 Å². The van der Waals surface area contributed by atoms with Gasteiger partial charge in [0.2, 0.25) is 0 Å². The molecule has 3 aromatic rings. The normalized spacial score (nSPS) is 23.7. The zero-order valence-corrected chi connectivity index (χ0v) is 18.9. The van der Waals surface area contributed by atoms with Crippen LogP contribution in [0, 0.1) is 0 Å². The van der Waals surface area contributed by atoms with E-state index in [1.165, 1.54) is 0 Å². The Bertz CT molecular complexity index is 1080. The molecule has 1 saturated heterocycles. The lowest BCUT2D eigenvalue weighted by molar-refractivity contribution is -0.275. The molecule has 1 heterocycles. The van der Waals surface area contributed by atoms with Crippen LogP contribution >= 0.6 is 0 Å². The fourth-order valence-corrected chi connectivity index (χ4v) is 3.71. The van der Waals surface area contributed by atoms with E-state index in [-0.39, 0.29) is 16.7 Å². The summed E-state index contributed by atoms with van der Waals surface area (Å²) in [7, 11) is 0. The van der Waals surface area contributed by atoms with Gasteiger partial charge in [0.15, 0.2) is 24.6 Å². The first kappa shape index (κ1) is 24.1. The molecule has 1 N–H and O–H groups in total. The van der Waals surface area contributed by atoms with Gasteiger partial charge in [-0.2, -0.15) is 0 Å². The fraction of sp³-hybridized carbons (Fsp3) is 0.222. The number of hydrogen-bond donors (Lipinski definition) is 1. The second-order valence-electron chi connectivity index (χ2n) is 7.94. The van der Waals surface area contributed by atoms with Crippen molar-refractivity contribution in [3.63, 3.8) is 0 Å². The highest BCUT2D eigenvalue weighted by Gasteiger charge is 2.50. The summed E-state index contributed by atoms with van der Waals surface area (Å²) in [6.45, 7) is 1.56. The minimum atomic E-state index is -1.63. The third-order valence-electron chi connectivity index (χ3n) is 5.50. The maximum atomic E-state index is 12.9. The lowest BCUT2D eigenvalue weighted by Crippen LogP contribution is -2.60. The molecule has 180 valence electrons. The zero-order valence-electron chi connectivity index (χ0n) is 18.9. The molecular weight excluding hydrogens is 452 g/mol. The smallest absolute Gasteiger partial charge is 0.338 e. The molecule has 35 heavy (non-hydrogen) atoms. The molecule has 0 unspecified atom stereocenters. The van der Waals surface area contributed by atoms with Gasteiger partial charge in [0.05, 0.1) is 22.8 Å². The second kappa shape index (κ2) is 10.9. The highest BCUT2D eigenvalue weighted by Crippen LogP contribution is 2.29. The summed E-state index contributed by atoms with van der Waals surface area (Å²) in [4.78, 5) is 38.5. The highest BCUT2D eigenvalue weighted by atomic mass is 16.7. The molecule has 8 nitrogen and oxygen atoms in total. The van der Waals surface area contributed by atoms with E-state index in [1.54, 1.807) is 97.9 Å². The molecule has 4 rings (SSSR count). The summed E-state index contributed by atoms with van der Waals surface area (Å²) in [6.07, 6.45) is -6.48. The quantitative estimate of drug-likeness (QED) is 0.426. The Balaban J connectivity index is 1.63. The topological polar surface area (TPSA) is 108 Å². The van der Waals surface area contributed by atoms with Crippen LogP contribution in [-0.4, -0.2) is 53.7 Å². The number of esters is 3. The van der Waals surface area contributed by atoms with Crippen molar-refractivity contribution >= 4 is 17.9 Å². The van der Waals surface area contributed by atoms with Crippen LogP contribution in [0.2, 0.25) is 0 Å². The van der Waals surface area contributed by atoms with Crippen molar-refractivity contribution in [1.29, 1.82) is 0 Å². The number of carbonyl (C=O) groups is 3. The van der Waals surface area contributed by atoms with Crippen molar-refractivity contribution in [2.75, 3.05) is 0 Å². The maximum Gasteiger partial charge on any atom is 0.338 e. The minimum Gasteiger partial charge on any atom is -0.452 e. The van der Waals surface area contributed by atoms with E-state index in [0.717, 1.165) is 0 Å². The lowest BCUT2D eigenvalue weighted by Gasteiger charge is -2.42. The van der Waals surface area contributed by atoms with E-state index < -0.39 is 48.6 Å². The van der Waals surface area contributed by atoms with Gasteiger partial charge >= 0.3 is 17.9 Å². The van der Waals surface area contributed by atoms with Crippen molar-refractivity contribution in [1.82, 2.24) is 0 Å². The molecule has 0 aliphatic carbocycles. The van der Waals surface area contributed by atoms with Gasteiger partial charge < -0.3 is 24.1 Å². The van der Waals surface area contributed by atoms with Gasteiger partial charge in [0, 0.05) is 0 Å². The van der Waals surface area contributed by atoms with E-state index in [4.69, 9.17) is 18.9 Å². The van der Waals surface area contributed by atoms with Gasteiger partial charge in [-0.15, -0.1) is 0 Å². The van der Waals surface area contributed by atoms with E-state index in [0.29, 0.717) is 0 Å². The highest BCUT2D eigenvalue weighted by molar-refractivity contribution is 5.91. The van der Waals surface area contributed by atoms with Crippen LogP contribution in [0.25, 0.3) is 0 Å². The SMILES string of the molecule is C[C@H]1O[C@H](O)[C@@H](OC(=O)c2ccccc2)[C@@H](OC(=O)c2ccccc2)[C@@H]1OC(=O)c1ccccc1. The van der Waals surface area contributed by atoms with Gasteiger partial charge in [0.25, 0.3) is 0 Å². The van der Waals surface area contributed by atoms with Gasteiger partial charge in [-0.1, -0.05) is 54.6 Å². The average Bonchev–Trinajstić information content (AvgIpc) is 2.89. The standard InChI is InChI=1S/C27H24O8/c1-17-21(33-24(28)18-11-5-2-6-12-18)22(34-25(29)19-13-7-3-8-14-19)23(27(31)32-17)35-26(30)20-15-9-4-10-16-20/h2-17,21-23,27,31H,1H3/t17-,21-,22+,23+,27+/m1/s1. The van der Waals surface area contributed by atoms with Crippen molar-refractivity contribution in [2.24, 2.45) is 0 Å². The van der Waals surface area contributed by atoms with Crippen LogP contribution in [0.15, 0.2) is 91.0 Å². The predicted molar refractivity (Wildman–Crippen MR) is 123 cm³/mol. The first-order chi connectivity index (χ1) is 16.9. The summed E-state index contributed by atoms with van der Waals surface area (Å²) >= 11 is 0. The Hall–Kier alpha value is -4.01. The van der Waals surface area contributed by atoms with Crippen LogP contribution in [0.3, 0.4) is 0 Å². The Morgan fingerprint density at radius 2 is 0.943 bits per heavy atom. The van der Waals surface area contributed by atoms with Crippen molar-refractivity contribution < 1.29 is 38.4 Å². The van der Waals surface area contributed by atoms with Crippen LogP contribution in [0.4, 0.5) is 0 Å². The molecule has 0 saturated carbocycles. The molecular formula is C27H24O8. The van der Waals surface area contributed by atoms with E-state index >= 15 is 0 Å². The Kier molecular flexibility index (Phi) is 7.54. The lowest BCUT2D eigenvalue weighted by atomic mass is 9.98. The molecule has 1 aliphatic heterocycles. The first-order valence-corrected chi connectivity index (χ1v) is 11.1. The number of hydrogen-bond acceptors (Lipinski definition) is 8. The summed E-state index contributed by atoms with van der Waals surface area (Å²) in [5.41, 5.74) is 0.739. The minimum absolute atomic E-state index is 0.226.